The summed E-state index contributed by atoms with van der Waals surface area (Å²) in [5, 5.41) is 0. The Morgan fingerprint density at radius 1 is 0.139 bits per heavy atom. The van der Waals surface area contributed by atoms with E-state index in [4.69, 9.17) is 75.8 Å². The van der Waals surface area contributed by atoms with Crippen LogP contribution >= 0.6 is 0 Å². The third-order valence-corrected chi connectivity index (χ3v) is 22.5. The zero-order valence-electron chi connectivity index (χ0n) is 78.2. The predicted octanol–water partition coefficient (Wildman–Crippen LogP) is 22.3. The Kier molecular flexibility index (Phi) is 34.9. The summed E-state index contributed by atoms with van der Waals surface area (Å²) in [4.78, 5) is 110. The first-order chi connectivity index (χ1) is 70.6. The van der Waals surface area contributed by atoms with Gasteiger partial charge in [-0.3, -0.25) is 0 Å². The molecule has 24 nitrogen and oxygen atoms in total. The number of hydrogen-bond acceptors (Lipinski definition) is 24. The van der Waals surface area contributed by atoms with Crippen LogP contribution in [-0.4, -0.2) is 101 Å². The van der Waals surface area contributed by atoms with Crippen molar-refractivity contribution in [1.29, 1.82) is 0 Å². The van der Waals surface area contributed by atoms with E-state index < -0.39 is 87.4 Å². The van der Waals surface area contributed by atoms with Gasteiger partial charge >= 0.3 is 47.8 Å². The van der Waals surface area contributed by atoms with Gasteiger partial charge in [-0.1, -0.05) is 303 Å². The molecular weight excluding hydrogens is 1830 g/mol. The molecule has 722 valence electrons. The Bertz CT molecular complexity index is 6630. The van der Waals surface area contributed by atoms with E-state index in [-0.39, 0.29) is 101 Å². The maximum atomic E-state index is 14.1. The summed E-state index contributed by atoms with van der Waals surface area (Å²) in [6.07, 6.45) is 0. The molecule has 0 bridgehead atoms. The molecule has 0 heterocycles. The van der Waals surface area contributed by atoms with Crippen molar-refractivity contribution in [3.05, 3.63) is 445 Å². The van der Waals surface area contributed by atoms with Gasteiger partial charge in [0.15, 0.2) is 52.9 Å². The molecule has 0 spiro atoms. The van der Waals surface area contributed by atoms with Crippen molar-refractivity contribution in [3.63, 3.8) is 0 Å². The highest BCUT2D eigenvalue weighted by atomic mass is 16.6. The molecule has 16 aromatic carbocycles. The summed E-state index contributed by atoms with van der Waals surface area (Å²) in [5.41, 5.74) is 13.0. The quantitative estimate of drug-likeness (QED) is 0.0253. The Morgan fingerprint density at radius 3 is 0.444 bits per heavy atom. The Balaban J connectivity index is 0.770. The standard InChI is InChI=1S/C120H98O24/c121-113(137-67-83-27-9-1-10-28-83)75-129-99-45-25-43-91(59-99)93-47-53-101(107(61-93)131-77-115(123)139-69-85-31-13-3-14-32-85)103-55-49-95(63-109(103)133-79-117(125)141-71-87-35-17-5-18-36-87)97-51-57-105(111(65-97)135-81-119(127)143-73-89-39-21-7-22-40-89)106-58-52-98(66-112(106)136-82-120(128)144-74-90-41-23-8-24-42-90)96-50-56-104(110(64-96)134-80-118(126)142-72-88-37-19-6-20-38-88)102-54-48-94(62-108(102)132-78-116(124)140-70-86-33-15-4-16-34-86)92-44-26-46-100(60-92)130-76-114(122)138-68-84-29-11-2-12-30-84/h1-66H,67-82H2. The lowest BCUT2D eigenvalue weighted by atomic mass is 9.93. The molecule has 0 fully saturated rings. The van der Waals surface area contributed by atoms with Crippen LogP contribution in [0, 0.1) is 0 Å². The van der Waals surface area contributed by atoms with E-state index in [0.717, 1.165) is 44.5 Å². The third-order valence-electron chi connectivity index (χ3n) is 22.5. The van der Waals surface area contributed by atoms with Crippen LogP contribution in [0.2, 0.25) is 0 Å². The van der Waals surface area contributed by atoms with Gasteiger partial charge in [0.2, 0.25) is 0 Å². The number of benzene rings is 16. The number of esters is 8. The fraction of sp³-hybridized carbons (Fsp3) is 0.133. The number of carbonyl (C=O) groups is 8. The van der Waals surface area contributed by atoms with Crippen LogP contribution in [0.1, 0.15) is 44.5 Å². The summed E-state index contributed by atoms with van der Waals surface area (Å²) in [6.45, 7) is -4.35. The molecular formula is C120H98O24. The molecule has 144 heavy (non-hydrogen) atoms. The minimum atomic E-state index is -0.719. The molecule has 24 heteroatoms. The van der Waals surface area contributed by atoms with Gasteiger partial charge in [-0.2, -0.15) is 0 Å². The van der Waals surface area contributed by atoms with Crippen molar-refractivity contribution in [1.82, 2.24) is 0 Å². The summed E-state index contributed by atoms with van der Waals surface area (Å²) < 4.78 is 97.1. The van der Waals surface area contributed by atoms with Crippen LogP contribution in [0.25, 0.3) is 77.9 Å². The molecule has 0 aromatic heterocycles. The third kappa shape index (κ3) is 29.4. The van der Waals surface area contributed by atoms with Crippen LogP contribution in [0.4, 0.5) is 0 Å². The highest BCUT2D eigenvalue weighted by Gasteiger charge is 2.26. The predicted molar refractivity (Wildman–Crippen MR) is 538 cm³/mol. The van der Waals surface area contributed by atoms with Gasteiger partial charge in [-0.25, -0.2) is 38.4 Å². The summed E-state index contributed by atoms with van der Waals surface area (Å²) in [5.74, 6) is -3.65. The zero-order valence-corrected chi connectivity index (χ0v) is 78.2. The van der Waals surface area contributed by atoms with Crippen molar-refractivity contribution in [3.8, 4) is 124 Å². The van der Waals surface area contributed by atoms with E-state index >= 15 is 0 Å². The van der Waals surface area contributed by atoms with Crippen LogP contribution < -0.4 is 37.9 Å². The molecule has 0 aliphatic heterocycles. The minimum Gasteiger partial charge on any atom is -0.482 e. The van der Waals surface area contributed by atoms with E-state index in [1.807, 2.05) is 279 Å². The molecule has 0 aliphatic rings. The average molecular weight is 1920 g/mol. The summed E-state index contributed by atoms with van der Waals surface area (Å²) in [6, 6.07) is 120. The van der Waals surface area contributed by atoms with Gasteiger partial charge in [0.1, 0.15) is 98.9 Å². The molecule has 0 atom stereocenters. The number of rotatable bonds is 47. The van der Waals surface area contributed by atoms with Gasteiger partial charge in [-0.05, 0) is 186 Å². The largest absolute Gasteiger partial charge is 0.482 e. The fourth-order valence-corrected chi connectivity index (χ4v) is 15.1. The van der Waals surface area contributed by atoms with Gasteiger partial charge in [0.25, 0.3) is 0 Å². The molecule has 0 unspecified atom stereocenters. The molecule has 16 aromatic rings. The van der Waals surface area contributed by atoms with Crippen LogP contribution in [0.5, 0.6) is 46.0 Å². The first-order valence-electron chi connectivity index (χ1n) is 46.3. The summed E-state index contributed by atoms with van der Waals surface area (Å²) >= 11 is 0. The van der Waals surface area contributed by atoms with Gasteiger partial charge < -0.3 is 75.8 Å². The smallest absolute Gasteiger partial charge is 0.344 e. The van der Waals surface area contributed by atoms with Crippen LogP contribution in [0.3, 0.4) is 0 Å². The fourth-order valence-electron chi connectivity index (χ4n) is 15.1. The molecule has 0 radical (unpaired) electrons. The lowest BCUT2D eigenvalue weighted by molar-refractivity contribution is -0.148. The second kappa shape index (κ2) is 50.8. The lowest BCUT2D eigenvalue weighted by Gasteiger charge is -2.20. The van der Waals surface area contributed by atoms with E-state index in [1.54, 1.807) is 121 Å². The van der Waals surface area contributed by atoms with E-state index in [0.29, 0.717) is 89.4 Å². The van der Waals surface area contributed by atoms with Crippen molar-refractivity contribution < 1.29 is 114 Å². The van der Waals surface area contributed by atoms with Crippen molar-refractivity contribution in [2.24, 2.45) is 0 Å². The Hall–Kier alpha value is -18.3. The second-order valence-electron chi connectivity index (χ2n) is 32.8. The average Bonchev–Trinajstić information content (AvgIpc) is 0.774. The number of ether oxygens (including phenoxy) is 16. The highest BCUT2D eigenvalue weighted by Crippen LogP contribution is 2.47. The monoisotopic (exact) mass is 1920 g/mol. The first kappa shape index (κ1) is 98.7. The Labute approximate surface area is 831 Å². The minimum absolute atomic E-state index is 0.0241. The zero-order chi connectivity index (χ0) is 99.2. The van der Waals surface area contributed by atoms with E-state index in [2.05, 4.69) is 0 Å². The molecule has 0 amide bonds. The highest BCUT2D eigenvalue weighted by molar-refractivity contribution is 5.89. The Morgan fingerprint density at radius 2 is 0.285 bits per heavy atom. The van der Waals surface area contributed by atoms with E-state index in [9.17, 15) is 38.4 Å². The molecule has 0 saturated heterocycles. The van der Waals surface area contributed by atoms with Crippen LogP contribution in [0.15, 0.2) is 400 Å². The molecule has 16 rings (SSSR count). The number of hydrogen-bond donors (Lipinski definition) is 0. The number of carbonyl (C=O) groups excluding carboxylic acids is 8. The van der Waals surface area contributed by atoms with Crippen molar-refractivity contribution in [2.75, 3.05) is 52.9 Å². The lowest BCUT2D eigenvalue weighted by Crippen LogP contribution is -2.16. The van der Waals surface area contributed by atoms with Gasteiger partial charge in [0, 0.05) is 33.4 Å². The summed E-state index contributed by atoms with van der Waals surface area (Å²) in [7, 11) is 0. The van der Waals surface area contributed by atoms with Crippen molar-refractivity contribution in [2.45, 2.75) is 52.9 Å². The maximum absolute atomic E-state index is 14.1. The topological polar surface area (TPSA) is 284 Å². The SMILES string of the molecule is O=C(COc1cccc(-c2ccc(-c3ccc(-c4ccc(-c5ccc(-c6ccc(-c7ccc(-c8cccc(OCC(=O)OCc9ccccc9)c8)cc7OCC(=O)OCc7ccccc7)c(OCC(=O)OCc7ccccc7)c6)cc5OCC(=O)OCc5ccccc5)c(OCC(=O)OCc5ccccc5)c4)cc3OCC(=O)OCc3ccccc3)c(OCC(=O)OCc3ccccc3)c2)c1)OCc1ccccc1. The van der Waals surface area contributed by atoms with Crippen molar-refractivity contribution >= 4 is 47.8 Å². The molecule has 0 saturated carbocycles. The maximum Gasteiger partial charge on any atom is 0.344 e. The first-order valence-corrected chi connectivity index (χ1v) is 46.3. The van der Waals surface area contributed by atoms with E-state index in [1.165, 1.54) is 0 Å². The normalized spacial score (nSPS) is 10.8. The molecule has 0 aliphatic carbocycles. The van der Waals surface area contributed by atoms with Crippen LogP contribution in [-0.2, 0) is 129 Å². The van der Waals surface area contributed by atoms with Gasteiger partial charge in [0.05, 0.1) is 0 Å². The molecule has 0 N–H and O–H groups in total. The van der Waals surface area contributed by atoms with Gasteiger partial charge in [-0.15, -0.1) is 0 Å². The second-order valence-corrected chi connectivity index (χ2v) is 32.8.